The molecule has 0 fully saturated rings. The molecule has 0 aliphatic rings. The van der Waals surface area contributed by atoms with E-state index in [-0.39, 0.29) is 11.5 Å². The van der Waals surface area contributed by atoms with Gasteiger partial charge in [-0.25, -0.2) is 4.98 Å². The van der Waals surface area contributed by atoms with Crippen molar-refractivity contribution in [3.05, 3.63) is 64.4 Å². The zero-order valence-corrected chi connectivity index (χ0v) is 17.3. The lowest BCUT2D eigenvalue weighted by Gasteiger charge is -2.16. The van der Waals surface area contributed by atoms with Crippen molar-refractivity contribution in [1.29, 1.82) is 0 Å². The molecular weight excluding hydrogens is 372 g/mol. The van der Waals surface area contributed by atoms with Gasteiger partial charge in [-0.15, -0.1) is 0 Å². The molecule has 0 saturated heterocycles. The van der Waals surface area contributed by atoms with Gasteiger partial charge in [-0.3, -0.25) is 14.2 Å². The Morgan fingerprint density at radius 1 is 1.14 bits per heavy atom. The number of hydrogen-bond acceptors (Lipinski definition) is 5. The summed E-state index contributed by atoms with van der Waals surface area (Å²) in [6, 6.07) is 15.2. The summed E-state index contributed by atoms with van der Waals surface area (Å²) in [5.41, 5.74) is 2.42. The fraction of sp³-hybridized carbons (Fsp3) is 0.318. The Kier molecular flexibility index (Phi) is 6.19. The van der Waals surface area contributed by atoms with Crippen molar-refractivity contribution in [2.75, 3.05) is 7.11 Å². The predicted molar refractivity (Wildman–Crippen MR) is 113 cm³/mol. The normalized spacial score (nSPS) is 13.3. The van der Waals surface area contributed by atoms with Gasteiger partial charge in [0.1, 0.15) is 5.25 Å². The molecule has 5 nitrogen and oxygen atoms in total. The van der Waals surface area contributed by atoms with Crippen LogP contribution >= 0.6 is 11.8 Å². The van der Waals surface area contributed by atoms with E-state index in [1.165, 1.54) is 24.4 Å². The summed E-state index contributed by atoms with van der Waals surface area (Å²) in [6.45, 7) is 6.07. The number of aromatic nitrogens is 2. The fourth-order valence-electron chi connectivity index (χ4n) is 2.98. The molecule has 0 N–H and O–H groups in total. The van der Waals surface area contributed by atoms with Crippen LogP contribution in [0.5, 0.6) is 0 Å². The van der Waals surface area contributed by atoms with Crippen LogP contribution in [0.2, 0.25) is 0 Å². The van der Waals surface area contributed by atoms with Gasteiger partial charge in [0.05, 0.1) is 23.7 Å². The molecular formula is C22H24N2O3S. The zero-order valence-electron chi connectivity index (χ0n) is 16.5. The number of esters is 1. The van der Waals surface area contributed by atoms with Gasteiger partial charge in [0, 0.05) is 0 Å². The molecule has 28 heavy (non-hydrogen) atoms. The highest BCUT2D eigenvalue weighted by molar-refractivity contribution is 8.00. The Morgan fingerprint density at radius 3 is 2.46 bits per heavy atom. The number of nitrogens with zero attached hydrogens (tertiary/aromatic N) is 2. The number of carbonyl (C=O) groups is 1. The summed E-state index contributed by atoms with van der Waals surface area (Å²) < 4.78 is 6.40. The molecule has 2 aromatic carbocycles. The van der Waals surface area contributed by atoms with Crippen LogP contribution in [0.1, 0.15) is 38.7 Å². The van der Waals surface area contributed by atoms with Crippen LogP contribution in [0.4, 0.5) is 0 Å². The molecule has 3 rings (SSSR count). The van der Waals surface area contributed by atoms with Gasteiger partial charge in [0.2, 0.25) is 0 Å². The molecule has 0 aliphatic heterocycles. The molecule has 3 aromatic rings. The third-order valence-corrected chi connectivity index (χ3v) is 5.92. The molecule has 0 saturated carbocycles. The van der Waals surface area contributed by atoms with E-state index in [9.17, 15) is 9.59 Å². The van der Waals surface area contributed by atoms with Crippen molar-refractivity contribution in [1.82, 2.24) is 9.55 Å². The molecule has 1 aromatic heterocycles. The highest BCUT2D eigenvalue weighted by Gasteiger charge is 2.20. The lowest BCUT2D eigenvalue weighted by Crippen LogP contribution is -2.24. The summed E-state index contributed by atoms with van der Waals surface area (Å²) in [6.07, 6.45) is 1.05. The van der Waals surface area contributed by atoms with Crippen LogP contribution in [-0.4, -0.2) is 27.9 Å². The Bertz CT molecular complexity index is 1040. The summed E-state index contributed by atoms with van der Waals surface area (Å²) in [5, 5.41) is 0.533. The first-order valence-electron chi connectivity index (χ1n) is 9.32. The average Bonchev–Trinajstić information content (AvgIpc) is 2.73. The van der Waals surface area contributed by atoms with E-state index < -0.39 is 5.25 Å². The third-order valence-electron chi connectivity index (χ3n) is 4.89. The zero-order chi connectivity index (χ0) is 20.3. The van der Waals surface area contributed by atoms with E-state index in [2.05, 4.69) is 18.8 Å². The minimum absolute atomic E-state index is 0.151. The fourth-order valence-corrected chi connectivity index (χ4v) is 3.93. The first-order valence-corrected chi connectivity index (χ1v) is 10.2. The number of para-hydroxylation sites is 1. The highest BCUT2D eigenvalue weighted by atomic mass is 32.2. The maximum Gasteiger partial charge on any atom is 0.318 e. The quantitative estimate of drug-likeness (QED) is 0.347. The first kappa shape index (κ1) is 20.1. The van der Waals surface area contributed by atoms with Gasteiger partial charge < -0.3 is 4.74 Å². The predicted octanol–water partition coefficient (Wildman–Crippen LogP) is 4.55. The maximum atomic E-state index is 13.2. The van der Waals surface area contributed by atoms with Crippen molar-refractivity contribution < 1.29 is 9.53 Å². The van der Waals surface area contributed by atoms with E-state index in [1.807, 2.05) is 36.4 Å². The molecule has 1 heterocycles. The Hall–Kier alpha value is -2.60. The Labute approximate surface area is 168 Å². The number of ether oxygens (including phenoxy) is 1. The van der Waals surface area contributed by atoms with Crippen LogP contribution in [-0.2, 0) is 9.53 Å². The van der Waals surface area contributed by atoms with Crippen LogP contribution in [0.15, 0.2) is 58.5 Å². The van der Waals surface area contributed by atoms with Crippen LogP contribution in [0.25, 0.3) is 16.6 Å². The summed E-state index contributed by atoms with van der Waals surface area (Å²) in [5.74, 6) is 0.0970. The van der Waals surface area contributed by atoms with Crippen molar-refractivity contribution in [3.63, 3.8) is 0 Å². The molecule has 0 unspecified atom stereocenters. The smallest absolute Gasteiger partial charge is 0.318 e. The number of fused-ring (bicyclic) bond motifs is 1. The summed E-state index contributed by atoms with van der Waals surface area (Å²) >= 11 is 1.22. The molecule has 6 heteroatoms. The van der Waals surface area contributed by atoms with Crippen molar-refractivity contribution in [2.45, 2.75) is 43.5 Å². The van der Waals surface area contributed by atoms with Crippen LogP contribution in [0.3, 0.4) is 0 Å². The van der Waals surface area contributed by atoms with Crippen LogP contribution < -0.4 is 5.56 Å². The van der Waals surface area contributed by atoms with Crippen molar-refractivity contribution in [3.8, 4) is 5.69 Å². The minimum atomic E-state index is -0.483. The largest absolute Gasteiger partial charge is 0.468 e. The number of carbonyl (C=O) groups excluding carboxylic acids is 1. The molecule has 0 bridgehead atoms. The van der Waals surface area contributed by atoms with E-state index in [1.54, 1.807) is 23.6 Å². The standard InChI is InChI=1S/C22H24N2O3S/c1-5-14(2)16-10-12-17(13-11-16)24-20(25)18-8-6-7-9-19(18)23-22(24)28-15(3)21(26)27-4/h6-15H,5H2,1-4H3/t14-,15+/m0/s1. The average molecular weight is 397 g/mol. The topological polar surface area (TPSA) is 61.2 Å². The molecule has 0 aliphatic carbocycles. The van der Waals surface area contributed by atoms with E-state index in [4.69, 9.17) is 4.74 Å². The third kappa shape index (κ3) is 3.97. The number of methoxy groups -OCH3 is 1. The Morgan fingerprint density at radius 2 is 1.82 bits per heavy atom. The molecule has 146 valence electrons. The highest BCUT2D eigenvalue weighted by Crippen LogP contribution is 2.27. The van der Waals surface area contributed by atoms with Crippen molar-refractivity contribution >= 4 is 28.6 Å². The lowest BCUT2D eigenvalue weighted by atomic mass is 9.98. The van der Waals surface area contributed by atoms with Gasteiger partial charge in [0.15, 0.2) is 5.16 Å². The monoisotopic (exact) mass is 396 g/mol. The lowest BCUT2D eigenvalue weighted by molar-refractivity contribution is -0.139. The molecule has 2 atom stereocenters. The maximum absolute atomic E-state index is 13.2. The second kappa shape index (κ2) is 8.61. The number of hydrogen-bond donors (Lipinski definition) is 0. The van der Waals surface area contributed by atoms with Gasteiger partial charge >= 0.3 is 5.97 Å². The van der Waals surface area contributed by atoms with Crippen LogP contribution in [0, 0.1) is 0 Å². The summed E-state index contributed by atoms with van der Waals surface area (Å²) in [7, 11) is 1.36. The first-order chi connectivity index (χ1) is 13.5. The van der Waals surface area contributed by atoms with E-state index in [0.29, 0.717) is 22.0 Å². The number of benzene rings is 2. The number of rotatable bonds is 6. The SMILES string of the molecule is CC[C@H](C)c1ccc(-n2c(S[C@H](C)C(=O)OC)nc3ccccc3c2=O)cc1. The van der Waals surface area contributed by atoms with Crippen molar-refractivity contribution in [2.24, 2.45) is 0 Å². The van der Waals surface area contributed by atoms with Gasteiger partial charge in [0.25, 0.3) is 5.56 Å². The van der Waals surface area contributed by atoms with E-state index in [0.717, 1.165) is 12.1 Å². The van der Waals surface area contributed by atoms with E-state index >= 15 is 0 Å². The summed E-state index contributed by atoms with van der Waals surface area (Å²) in [4.78, 5) is 29.8. The molecule has 0 spiro atoms. The second-order valence-corrected chi connectivity index (χ2v) is 8.04. The van der Waals surface area contributed by atoms with Gasteiger partial charge in [-0.05, 0) is 49.1 Å². The van der Waals surface area contributed by atoms with Gasteiger partial charge in [-0.2, -0.15) is 0 Å². The van der Waals surface area contributed by atoms with Gasteiger partial charge in [-0.1, -0.05) is 49.9 Å². The number of thioether (sulfide) groups is 1. The molecule has 0 amide bonds. The Balaban J connectivity index is 2.16. The molecule has 0 radical (unpaired) electrons. The second-order valence-electron chi connectivity index (χ2n) is 6.74. The minimum Gasteiger partial charge on any atom is -0.468 e.